The Kier molecular flexibility index (Phi) is 4.26. The van der Waals surface area contributed by atoms with E-state index in [2.05, 4.69) is 81.1 Å². The molecule has 0 aliphatic carbocycles. The SMILES string of the molecule is CCC(C)N(c1ccccc1)c1ccc(C)cc1C. The van der Waals surface area contributed by atoms with Crippen molar-refractivity contribution in [1.29, 1.82) is 0 Å². The van der Waals surface area contributed by atoms with Gasteiger partial charge in [-0.2, -0.15) is 0 Å². The maximum atomic E-state index is 2.44. The summed E-state index contributed by atoms with van der Waals surface area (Å²) in [6.07, 6.45) is 1.13. The van der Waals surface area contributed by atoms with Crippen LogP contribution in [0.3, 0.4) is 0 Å². The second-order valence-corrected chi connectivity index (χ2v) is 5.25. The van der Waals surface area contributed by atoms with Crippen LogP contribution in [0.15, 0.2) is 48.5 Å². The molecule has 1 atom stereocenters. The van der Waals surface area contributed by atoms with Gasteiger partial charge in [0.2, 0.25) is 0 Å². The summed E-state index contributed by atoms with van der Waals surface area (Å²) in [7, 11) is 0. The Hall–Kier alpha value is -1.76. The molecule has 0 heterocycles. The lowest BCUT2D eigenvalue weighted by Gasteiger charge is -2.32. The highest BCUT2D eigenvalue weighted by molar-refractivity contribution is 5.67. The normalized spacial score (nSPS) is 12.2. The molecule has 0 N–H and O–H groups in total. The van der Waals surface area contributed by atoms with Crippen molar-refractivity contribution in [3.63, 3.8) is 0 Å². The Morgan fingerprint density at radius 1 is 1.00 bits per heavy atom. The van der Waals surface area contributed by atoms with E-state index >= 15 is 0 Å². The highest BCUT2D eigenvalue weighted by atomic mass is 15.2. The van der Waals surface area contributed by atoms with E-state index in [1.807, 2.05) is 0 Å². The van der Waals surface area contributed by atoms with Crippen LogP contribution in [0.4, 0.5) is 11.4 Å². The van der Waals surface area contributed by atoms with Crippen LogP contribution in [0, 0.1) is 13.8 Å². The lowest BCUT2D eigenvalue weighted by molar-refractivity contribution is 0.686. The van der Waals surface area contributed by atoms with Gasteiger partial charge in [-0.3, -0.25) is 0 Å². The second kappa shape index (κ2) is 5.92. The summed E-state index contributed by atoms with van der Waals surface area (Å²) in [6.45, 7) is 8.87. The summed E-state index contributed by atoms with van der Waals surface area (Å²) in [6, 6.07) is 17.8. The third kappa shape index (κ3) is 2.98. The molecule has 0 spiro atoms. The van der Waals surface area contributed by atoms with Crippen molar-refractivity contribution in [1.82, 2.24) is 0 Å². The molecule has 0 radical (unpaired) electrons. The molecule has 0 aliphatic rings. The molecule has 0 saturated carbocycles. The van der Waals surface area contributed by atoms with E-state index in [4.69, 9.17) is 0 Å². The smallest absolute Gasteiger partial charge is 0.0443 e. The van der Waals surface area contributed by atoms with Gasteiger partial charge >= 0.3 is 0 Å². The van der Waals surface area contributed by atoms with Crippen molar-refractivity contribution in [3.05, 3.63) is 59.7 Å². The summed E-state index contributed by atoms with van der Waals surface area (Å²) in [5.74, 6) is 0. The van der Waals surface area contributed by atoms with E-state index in [9.17, 15) is 0 Å². The minimum atomic E-state index is 0.490. The van der Waals surface area contributed by atoms with E-state index in [1.54, 1.807) is 0 Å². The van der Waals surface area contributed by atoms with Gasteiger partial charge in [-0.25, -0.2) is 0 Å². The monoisotopic (exact) mass is 253 g/mol. The van der Waals surface area contributed by atoms with E-state index in [-0.39, 0.29) is 0 Å². The van der Waals surface area contributed by atoms with Gasteiger partial charge in [-0.1, -0.05) is 42.8 Å². The van der Waals surface area contributed by atoms with Crippen LogP contribution < -0.4 is 4.90 Å². The predicted molar refractivity (Wildman–Crippen MR) is 84.3 cm³/mol. The summed E-state index contributed by atoms with van der Waals surface area (Å²) in [5.41, 5.74) is 5.23. The highest BCUT2D eigenvalue weighted by Gasteiger charge is 2.16. The molecule has 0 saturated heterocycles. The zero-order chi connectivity index (χ0) is 13.8. The quantitative estimate of drug-likeness (QED) is 0.720. The molecule has 0 fully saturated rings. The van der Waals surface area contributed by atoms with Crippen molar-refractivity contribution in [2.24, 2.45) is 0 Å². The minimum absolute atomic E-state index is 0.490. The first kappa shape index (κ1) is 13.7. The van der Waals surface area contributed by atoms with Crippen LogP contribution in [0.1, 0.15) is 31.4 Å². The van der Waals surface area contributed by atoms with Crippen molar-refractivity contribution in [2.45, 2.75) is 40.2 Å². The summed E-state index contributed by atoms with van der Waals surface area (Å²) in [5, 5.41) is 0. The van der Waals surface area contributed by atoms with Crippen LogP contribution in [0.5, 0.6) is 0 Å². The summed E-state index contributed by atoms with van der Waals surface area (Å²) < 4.78 is 0. The van der Waals surface area contributed by atoms with Crippen molar-refractivity contribution < 1.29 is 0 Å². The third-order valence-corrected chi connectivity index (χ3v) is 3.68. The number of benzene rings is 2. The molecule has 1 nitrogen and oxygen atoms in total. The number of anilines is 2. The van der Waals surface area contributed by atoms with Gasteiger partial charge in [0.15, 0.2) is 0 Å². The van der Waals surface area contributed by atoms with Crippen LogP contribution in [0.2, 0.25) is 0 Å². The minimum Gasteiger partial charge on any atom is -0.338 e. The van der Waals surface area contributed by atoms with Gasteiger partial charge in [-0.15, -0.1) is 0 Å². The molecule has 2 aromatic rings. The predicted octanol–water partition coefficient (Wildman–Crippen LogP) is 5.24. The van der Waals surface area contributed by atoms with E-state index in [1.165, 1.54) is 22.5 Å². The van der Waals surface area contributed by atoms with Crippen molar-refractivity contribution in [2.75, 3.05) is 4.90 Å². The first-order valence-electron chi connectivity index (χ1n) is 7.05. The number of hydrogen-bond acceptors (Lipinski definition) is 1. The fourth-order valence-electron chi connectivity index (χ4n) is 2.48. The highest BCUT2D eigenvalue weighted by Crippen LogP contribution is 2.31. The first-order chi connectivity index (χ1) is 9.13. The molecule has 2 rings (SSSR count). The molecule has 0 bridgehead atoms. The Bertz CT molecular complexity index is 531. The number of hydrogen-bond donors (Lipinski definition) is 0. The average Bonchev–Trinajstić information content (AvgIpc) is 2.42. The van der Waals surface area contributed by atoms with E-state index in [0.29, 0.717) is 6.04 Å². The largest absolute Gasteiger partial charge is 0.338 e. The number of para-hydroxylation sites is 1. The third-order valence-electron chi connectivity index (χ3n) is 3.68. The summed E-state index contributed by atoms with van der Waals surface area (Å²) >= 11 is 0. The fraction of sp³-hybridized carbons (Fsp3) is 0.333. The van der Waals surface area contributed by atoms with Crippen LogP contribution in [-0.2, 0) is 0 Å². The molecule has 0 aliphatic heterocycles. The topological polar surface area (TPSA) is 3.24 Å². The Morgan fingerprint density at radius 2 is 1.68 bits per heavy atom. The van der Waals surface area contributed by atoms with Gasteiger partial charge in [0.05, 0.1) is 0 Å². The van der Waals surface area contributed by atoms with E-state index < -0.39 is 0 Å². The van der Waals surface area contributed by atoms with E-state index in [0.717, 1.165) is 6.42 Å². The number of rotatable bonds is 4. The Balaban J connectivity index is 2.49. The van der Waals surface area contributed by atoms with Gasteiger partial charge in [0.1, 0.15) is 0 Å². The molecule has 2 aromatic carbocycles. The molecule has 100 valence electrons. The molecular weight excluding hydrogens is 230 g/mol. The van der Waals surface area contributed by atoms with Gasteiger partial charge in [-0.05, 0) is 51.0 Å². The zero-order valence-electron chi connectivity index (χ0n) is 12.4. The van der Waals surface area contributed by atoms with Crippen molar-refractivity contribution >= 4 is 11.4 Å². The molecule has 0 aromatic heterocycles. The lowest BCUT2D eigenvalue weighted by Crippen LogP contribution is -2.28. The maximum absolute atomic E-state index is 2.44. The first-order valence-corrected chi connectivity index (χ1v) is 7.05. The average molecular weight is 253 g/mol. The molecule has 1 heteroatoms. The maximum Gasteiger partial charge on any atom is 0.0443 e. The molecule has 0 amide bonds. The number of nitrogens with zero attached hydrogens (tertiary/aromatic N) is 1. The van der Waals surface area contributed by atoms with Crippen molar-refractivity contribution in [3.8, 4) is 0 Å². The molecule has 1 unspecified atom stereocenters. The molecule has 19 heavy (non-hydrogen) atoms. The van der Waals surface area contributed by atoms with Crippen LogP contribution in [0.25, 0.3) is 0 Å². The molecular formula is C18H23N. The number of aryl methyl sites for hydroxylation is 2. The summed E-state index contributed by atoms with van der Waals surface area (Å²) in [4.78, 5) is 2.44. The lowest BCUT2D eigenvalue weighted by atomic mass is 10.1. The van der Waals surface area contributed by atoms with Crippen LogP contribution in [-0.4, -0.2) is 6.04 Å². The Labute approximate surface area is 116 Å². The standard InChI is InChI=1S/C18H23N/c1-5-16(4)19(17-9-7-6-8-10-17)18-12-11-14(2)13-15(18)3/h6-13,16H,5H2,1-4H3. The van der Waals surface area contributed by atoms with Gasteiger partial charge in [0.25, 0.3) is 0 Å². The fourth-order valence-corrected chi connectivity index (χ4v) is 2.48. The van der Waals surface area contributed by atoms with Gasteiger partial charge < -0.3 is 4.90 Å². The zero-order valence-corrected chi connectivity index (χ0v) is 12.4. The Morgan fingerprint density at radius 3 is 2.26 bits per heavy atom. The second-order valence-electron chi connectivity index (χ2n) is 5.25. The van der Waals surface area contributed by atoms with Crippen LogP contribution >= 0.6 is 0 Å². The van der Waals surface area contributed by atoms with Gasteiger partial charge in [0, 0.05) is 17.4 Å².